The second kappa shape index (κ2) is 12.3. The van der Waals surface area contributed by atoms with Gasteiger partial charge >= 0.3 is 0 Å². The van der Waals surface area contributed by atoms with E-state index in [-0.39, 0.29) is 11.7 Å². The first-order chi connectivity index (χ1) is 17.9. The van der Waals surface area contributed by atoms with E-state index in [0.29, 0.717) is 30.9 Å². The lowest BCUT2D eigenvalue weighted by Gasteiger charge is -2.35. The molecule has 1 fully saturated rings. The normalized spacial score (nSPS) is 14.2. The van der Waals surface area contributed by atoms with Crippen molar-refractivity contribution in [3.8, 4) is 5.69 Å². The Labute approximate surface area is 219 Å². The molecule has 1 saturated heterocycles. The number of methoxy groups -OCH3 is 1. The third-order valence-electron chi connectivity index (χ3n) is 7.03. The van der Waals surface area contributed by atoms with E-state index in [2.05, 4.69) is 23.8 Å². The van der Waals surface area contributed by atoms with Gasteiger partial charge in [-0.3, -0.25) is 4.79 Å². The van der Waals surface area contributed by atoms with Crippen LogP contribution in [0.3, 0.4) is 0 Å². The molecular weight excluding hydrogens is 469 g/mol. The van der Waals surface area contributed by atoms with Crippen LogP contribution in [-0.4, -0.2) is 79.0 Å². The first kappa shape index (κ1) is 26.8. The lowest BCUT2D eigenvalue weighted by molar-refractivity contribution is 0.0723. The number of nitrogens with zero attached hydrogens (tertiary/aromatic N) is 5. The van der Waals surface area contributed by atoms with Crippen molar-refractivity contribution < 1.29 is 13.9 Å². The van der Waals surface area contributed by atoms with Crippen LogP contribution in [0.2, 0.25) is 0 Å². The van der Waals surface area contributed by atoms with Gasteiger partial charge in [-0.25, -0.2) is 9.07 Å². The van der Waals surface area contributed by atoms with E-state index in [9.17, 15) is 9.18 Å². The van der Waals surface area contributed by atoms with E-state index >= 15 is 0 Å². The molecule has 1 aliphatic rings. The van der Waals surface area contributed by atoms with Crippen LogP contribution >= 0.6 is 0 Å². The summed E-state index contributed by atoms with van der Waals surface area (Å²) in [5.74, 6) is 0.617. The average molecular weight is 508 g/mol. The number of anilines is 1. The number of aryl methyl sites for hydroxylation is 2. The van der Waals surface area contributed by atoms with Gasteiger partial charge in [0.05, 0.1) is 17.9 Å². The van der Waals surface area contributed by atoms with Crippen LogP contribution < -0.4 is 4.90 Å². The molecule has 3 aromatic rings. The lowest BCUT2D eigenvalue weighted by atomic mass is 10.1. The number of amides is 1. The van der Waals surface area contributed by atoms with Crippen LogP contribution in [-0.2, 0) is 17.7 Å². The van der Waals surface area contributed by atoms with Crippen molar-refractivity contribution >= 4 is 11.7 Å². The van der Waals surface area contributed by atoms with Crippen LogP contribution in [0.15, 0.2) is 48.5 Å². The summed E-state index contributed by atoms with van der Waals surface area (Å²) in [7, 11) is 3.79. The maximum atomic E-state index is 14.2. The SMILES string of the molecule is CCc1ccc(C(=O)N(CCCOC)Cc2c(C)nn(-c3cccc(F)c3)c2N2CCN(C)CC2)cc1. The largest absolute Gasteiger partial charge is 0.385 e. The maximum absolute atomic E-state index is 14.2. The number of hydrogen-bond donors (Lipinski definition) is 0. The molecule has 0 saturated carbocycles. The predicted octanol–water partition coefficient (Wildman–Crippen LogP) is 4.31. The molecule has 7 nitrogen and oxygen atoms in total. The number of halogens is 1. The molecular formula is C29H38FN5O2. The van der Waals surface area contributed by atoms with E-state index < -0.39 is 0 Å². The minimum absolute atomic E-state index is 0.0130. The molecule has 8 heteroatoms. The molecule has 0 atom stereocenters. The van der Waals surface area contributed by atoms with Gasteiger partial charge in [0.2, 0.25) is 0 Å². The quantitative estimate of drug-likeness (QED) is 0.383. The minimum atomic E-state index is -0.302. The molecule has 0 aliphatic carbocycles. The van der Waals surface area contributed by atoms with Gasteiger partial charge in [0, 0.05) is 57.6 Å². The third kappa shape index (κ3) is 6.37. The first-order valence-corrected chi connectivity index (χ1v) is 13.1. The second-order valence-corrected chi connectivity index (χ2v) is 9.69. The number of aromatic nitrogens is 2. The van der Waals surface area contributed by atoms with Gasteiger partial charge in [-0.05, 0) is 62.7 Å². The fourth-order valence-corrected chi connectivity index (χ4v) is 4.77. The molecule has 0 N–H and O–H groups in total. The predicted molar refractivity (Wildman–Crippen MR) is 145 cm³/mol. The van der Waals surface area contributed by atoms with Crippen LogP contribution in [0.4, 0.5) is 10.2 Å². The summed E-state index contributed by atoms with van der Waals surface area (Å²) < 4.78 is 21.3. The van der Waals surface area contributed by atoms with Gasteiger partial charge in [-0.1, -0.05) is 25.1 Å². The van der Waals surface area contributed by atoms with Crippen molar-refractivity contribution in [1.82, 2.24) is 19.6 Å². The molecule has 1 aliphatic heterocycles. The number of likely N-dealkylation sites (N-methyl/N-ethyl adjacent to an activating group) is 1. The Kier molecular flexibility index (Phi) is 8.95. The Morgan fingerprint density at radius 2 is 1.84 bits per heavy atom. The Morgan fingerprint density at radius 1 is 1.11 bits per heavy atom. The third-order valence-corrected chi connectivity index (χ3v) is 7.03. The Morgan fingerprint density at radius 3 is 2.49 bits per heavy atom. The molecule has 0 radical (unpaired) electrons. The number of hydrogen-bond acceptors (Lipinski definition) is 5. The van der Waals surface area contributed by atoms with Crippen LogP contribution in [0.25, 0.3) is 5.69 Å². The van der Waals surface area contributed by atoms with Crippen molar-refractivity contribution in [2.24, 2.45) is 0 Å². The molecule has 0 bridgehead atoms. The molecule has 0 unspecified atom stereocenters. The molecule has 0 spiro atoms. The summed E-state index contributed by atoms with van der Waals surface area (Å²) in [4.78, 5) is 20.2. The summed E-state index contributed by atoms with van der Waals surface area (Å²) in [5.41, 5.74) is 4.38. The second-order valence-electron chi connectivity index (χ2n) is 9.69. The lowest BCUT2D eigenvalue weighted by Crippen LogP contribution is -2.45. The summed E-state index contributed by atoms with van der Waals surface area (Å²) in [6.07, 6.45) is 1.66. The number of piperazine rings is 1. The smallest absolute Gasteiger partial charge is 0.254 e. The topological polar surface area (TPSA) is 53.8 Å². The monoisotopic (exact) mass is 507 g/mol. The minimum Gasteiger partial charge on any atom is -0.385 e. The standard InChI is InChI=1S/C29H38FN5O2/c1-5-23-10-12-24(13-11-23)29(36)34(14-7-19-37-4)21-27-22(2)31-35(26-9-6-8-25(30)20-26)28(27)33-17-15-32(3)16-18-33/h6,8-13,20H,5,7,14-19,21H2,1-4H3. The van der Waals surface area contributed by atoms with E-state index in [4.69, 9.17) is 9.84 Å². The fraction of sp³-hybridized carbons (Fsp3) is 0.448. The fourth-order valence-electron chi connectivity index (χ4n) is 4.77. The zero-order valence-electron chi connectivity index (χ0n) is 22.4. The van der Waals surface area contributed by atoms with Crippen LogP contribution in [0.5, 0.6) is 0 Å². The van der Waals surface area contributed by atoms with Crippen LogP contribution in [0.1, 0.15) is 40.5 Å². The summed E-state index contributed by atoms with van der Waals surface area (Å²) >= 11 is 0. The van der Waals surface area contributed by atoms with Crippen molar-refractivity contribution in [3.63, 3.8) is 0 Å². The zero-order valence-corrected chi connectivity index (χ0v) is 22.4. The first-order valence-electron chi connectivity index (χ1n) is 13.1. The van der Waals surface area contributed by atoms with Crippen molar-refractivity contribution in [2.75, 3.05) is 58.4 Å². The van der Waals surface area contributed by atoms with Crippen LogP contribution in [0, 0.1) is 12.7 Å². The number of carbonyl (C=O) groups is 1. The summed E-state index contributed by atoms with van der Waals surface area (Å²) in [6.45, 7) is 9.15. The zero-order chi connectivity index (χ0) is 26.4. The maximum Gasteiger partial charge on any atom is 0.254 e. The van der Waals surface area contributed by atoms with Crippen molar-refractivity contribution in [3.05, 3.63) is 76.7 Å². The molecule has 4 rings (SSSR count). The number of carbonyl (C=O) groups excluding carboxylic acids is 1. The highest BCUT2D eigenvalue weighted by Gasteiger charge is 2.27. The Hall–Kier alpha value is -3.23. The van der Waals surface area contributed by atoms with E-state index in [0.717, 1.165) is 56.1 Å². The Bertz CT molecular complexity index is 1190. The van der Waals surface area contributed by atoms with E-state index in [1.54, 1.807) is 13.2 Å². The van der Waals surface area contributed by atoms with Gasteiger partial charge in [0.1, 0.15) is 11.6 Å². The molecule has 1 amide bonds. The van der Waals surface area contributed by atoms with Gasteiger partial charge in [-0.2, -0.15) is 5.10 Å². The molecule has 37 heavy (non-hydrogen) atoms. The molecule has 1 aromatic heterocycles. The Balaban J connectivity index is 1.72. The summed E-state index contributed by atoms with van der Waals surface area (Å²) in [6, 6.07) is 14.4. The van der Waals surface area contributed by atoms with E-state index in [1.165, 1.54) is 17.7 Å². The molecule has 198 valence electrons. The number of ether oxygens (including phenoxy) is 1. The molecule has 2 heterocycles. The average Bonchev–Trinajstić information content (AvgIpc) is 3.24. The van der Waals surface area contributed by atoms with E-state index in [1.807, 2.05) is 46.8 Å². The van der Waals surface area contributed by atoms with Gasteiger partial charge in [0.25, 0.3) is 5.91 Å². The van der Waals surface area contributed by atoms with Gasteiger partial charge in [-0.15, -0.1) is 0 Å². The van der Waals surface area contributed by atoms with Gasteiger partial charge in [0.15, 0.2) is 0 Å². The highest BCUT2D eigenvalue weighted by atomic mass is 19.1. The van der Waals surface area contributed by atoms with Crippen molar-refractivity contribution in [1.29, 1.82) is 0 Å². The van der Waals surface area contributed by atoms with Crippen molar-refractivity contribution in [2.45, 2.75) is 33.2 Å². The van der Waals surface area contributed by atoms with Gasteiger partial charge < -0.3 is 19.4 Å². The molecule has 2 aromatic carbocycles. The highest BCUT2D eigenvalue weighted by molar-refractivity contribution is 5.94. The highest BCUT2D eigenvalue weighted by Crippen LogP contribution is 2.30. The summed E-state index contributed by atoms with van der Waals surface area (Å²) in [5, 5.41) is 4.85. The number of rotatable bonds is 10. The number of benzene rings is 2.